The number of carbonyl (C=O) groups excluding carboxylic acids is 1. The zero-order valence-corrected chi connectivity index (χ0v) is 15.3. The lowest BCUT2D eigenvalue weighted by atomic mass is 10.2. The molecule has 7 heteroatoms. The van der Waals surface area contributed by atoms with E-state index in [4.69, 9.17) is 23.2 Å². The van der Waals surface area contributed by atoms with E-state index in [9.17, 15) is 4.79 Å². The molecule has 1 fully saturated rings. The number of aromatic nitrogens is 3. The molecule has 1 aromatic heterocycles. The van der Waals surface area contributed by atoms with Crippen molar-refractivity contribution in [3.8, 4) is 5.69 Å². The third kappa shape index (κ3) is 3.45. The summed E-state index contributed by atoms with van der Waals surface area (Å²) in [6.07, 6.45) is 2.09. The Kier molecular flexibility index (Phi) is 4.66. The molecule has 3 aromatic rings. The van der Waals surface area contributed by atoms with Crippen LogP contribution >= 0.6 is 23.2 Å². The summed E-state index contributed by atoms with van der Waals surface area (Å²) in [6.45, 7) is 0.303. The first-order valence-electron chi connectivity index (χ1n) is 8.36. The first-order valence-corrected chi connectivity index (χ1v) is 9.12. The number of rotatable bonds is 5. The van der Waals surface area contributed by atoms with Crippen LogP contribution in [0.4, 0.5) is 0 Å². The maximum absolute atomic E-state index is 12.7. The van der Waals surface area contributed by atoms with Gasteiger partial charge in [0.25, 0.3) is 5.91 Å². The lowest BCUT2D eigenvalue weighted by Gasteiger charge is -2.08. The van der Waals surface area contributed by atoms with E-state index in [1.54, 1.807) is 22.9 Å². The van der Waals surface area contributed by atoms with E-state index in [-0.39, 0.29) is 5.91 Å². The molecule has 1 N–H and O–H groups in total. The minimum Gasteiger partial charge on any atom is -0.346 e. The van der Waals surface area contributed by atoms with Gasteiger partial charge >= 0.3 is 0 Å². The number of hydrogen-bond acceptors (Lipinski definition) is 3. The molecule has 0 radical (unpaired) electrons. The molecule has 2 aromatic carbocycles. The lowest BCUT2D eigenvalue weighted by Crippen LogP contribution is -2.24. The molecule has 0 saturated heterocycles. The highest BCUT2D eigenvalue weighted by Crippen LogP contribution is 2.41. The second-order valence-electron chi connectivity index (χ2n) is 6.26. The summed E-state index contributed by atoms with van der Waals surface area (Å²) in [4.78, 5) is 12.7. The van der Waals surface area contributed by atoms with Gasteiger partial charge in [0, 0.05) is 22.5 Å². The Labute approximate surface area is 160 Å². The minimum atomic E-state index is -0.250. The molecule has 5 nitrogen and oxygen atoms in total. The lowest BCUT2D eigenvalue weighted by molar-refractivity contribution is 0.0945. The van der Waals surface area contributed by atoms with E-state index in [2.05, 4.69) is 15.6 Å². The molecule has 1 heterocycles. The SMILES string of the molecule is O=C(NCc1ccc(Cl)cc1Cl)c1nnn(-c2ccccc2)c1C1CC1. The van der Waals surface area contributed by atoms with Gasteiger partial charge in [-0.05, 0) is 42.7 Å². The Hall–Kier alpha value is -2.37. The largest absolute Gasteiger partial charge is 0.346 e. The number of carbonyl (C=O) groups is 1. The first-order chi connectivity index (χ1) is 12.6. The molecular formula is C19H16Cl2N4O. The highest BCUT2D eigenvalue weighted by molar-refractivity contribution is 6.35. The van der Waals surface area contributed by atoms with Crippen LogP contribution < -0.4 is 5.32 Å². The normalized spacial score (nSPS) is 13.6. The fourth-order valence-electron chi connectivity index (χ4n) is 2.86. The van der Waals surface area contributed by atoms with Crippen molar-refractivity contribution in [2.24, 2.45) is 0 Å². The molecule has 26 heavy (non-hydrogen) atoms. The number of amides is 1. The standard InChI is InChI=1S/C19H16Cl2N4O/c20-14-9-8-13(16(21)10-14)11-22-19(26)17-18(12-6-7-12)25(24-23-17)15-4-2-1-3-5-15/h1-5,8-10,12H,6-7,11H2,(H,22,26). The molecule has 4 rings (SSSR count). The summed E-state index contributed by atoms with van der Waals surface area (Å²) in [6, 6.07) is 14.9. The number of nitrogens with zero attached hydrogens (tertiary/aromatic N) is 3. The van der Waals surface area contributed by atoms with Gasteiger partial charge in [0.1, 0.15) is 0 Å². The van der Waals surface area contributed by atoms with Gasteiger partial charge in [-0.25, -0.2) is 4.68 Å². The third-order valence-electron chi connectivity index (χ3n) is 4.34. The highest BCUT2D eigenvalue weighted by Gasteiger charge is 2.34. The highest BCUT2D eigenvalue weighted by atomic mass is 35.5. The van der Waals surface area contributed by atoms with Crippen LogP contribution in [0.25, 0.3) is 5.69 Å². The Morgan fingerprint density at radius 3 is 2.62 bits per heavy atom. The summed E-state index contributed by atoms with van der Waals surface area (Å²) >= 11 is 12.1. The van der Waals surface area contributed by atoms with Crippen molar-refractivity contribution in [1.82, 2.24) is 20.3 Å². The monoisotopic (exact) mass is 386 g/mol. The molecule has 132 valence electrons. The molecule has 0 unspecified atom stereocenters. The number of hydrogen-bond donors (Lipinski definition) is 1. The van der Waals surface area contributed by atoms with Crippen molar-refractivity contribution >= 4 is 29.1 Å². The van der Waals surface area contributed by atoms with Crippen molar-refractivity contribution < 1.29 is 4.79 Å². The number of para-hydroxylation sites is 1. The molecule has 1 aliphatic rings. The van der Waals surface area contributed by atoms with Crippen molar-refractivity contribution in [3.05, 3.63) is 75.5 Å². The molecule has 0 atom stereocenters. The Morgan fingerprint density at radius 2 is 1.92 bits per heavy atom. The van der Waals surface area contributed by atoms with Gasteiger partial charge in [0.2, 0.25) is 0 Å². The molecule has 1 aliphatic carbocycles. The topological polar surface area (TPSA) is 59.8 Å². The van der Waals surface area contributed by atoms with Crippen LogP contribution in [0.1, 0.15) is 40.5 Å². The van der Waals surface area contributed by atoms with Gasteiger partial charge in [-0.3, -0.25) is 4.79 Å². The van der Waals surface area contributed by atoms with Gasteiger partial charge in [-0.1, -0.05) is 52.7 Å². The van der Waals surface area contributed by atoms with E-state index >= 15 is 0 Å². The summed E-state index contributed by atoms with van der Waals surface area (Å²) in [5.41, 5.74) is 2.95. The number of nitrogens with one attached hydrogen (secondary N) is 1. The van der Waals surface area contributed by atoms with Crippen LogP contribution in [0, 0.1) is 0 Å². The summed E-state index contributed by atoms with van der Waals surface area (Å²) < 4.78 is 1.77. The Balaban J connectivity index is 1.57. The maximum Gasteiger partial charge on any atom is 0.274 e. The van der Waals surface area contributed by atoms with Crippen LogP contribution in [-0.2, 0) is 6.54 Å². The van der Waals surface area contributed by atoms with Crippen molar-refractivity contribution in [1.29, 1.82) is 0 Å². The van der Waals surface area contributed by atoms with Crippen LogP contribution in [-0.4, -0.2) is 20.9 Å². The molecule has 0 aliphatic heterocycles. The molecule has 0 bridgehead atoms. The van der Waals surface area contributed by atoms with E-state index in [0.717, 1.165) is 29.8 Å². The Bertz CT molecular complexity index is 951. The number of benzene rings is 2. The van der Waals surface area contributed by atoms with Crippen molar-refractivity contribution in [2.75, 3.05) is 0 Å². The molecular weight excluding hydrogens is 371 g/mol. The van der Waals surface area contributed by atoms with Crippen LogP contribution in [0.15, 0.2) is 48.5 Å². The van der Waals surface area contributed by atoms with Crippen molar-refractivity contribution in [3.63, 3.8) is 0 Å². The van der Waals surface area contributed by atoms with E-state index in [1.165, 1.54) is 0 Å². The summed E-state index contributed by atoms with van der Waals surface area (Å²) in [5, 5.41) is 12.3. The maximum atomic E-state index is 12.7. The van der Waals surface area contributed by atoms with Crippen molar-refractivity contribution in [2.45, 2.75) is 25.3 Å². The zero-order chi connectivity index (χ0) is 18.1. The number of halogens is 2. The predicted octanol–water partition coefficient (Wildman–Crippen LogP) is 4.38. The van der Waals surface area contributed by atoms with Crippen LogP contribution in [0.5, 0.6) is 0 Å². The Morgan fingerprint density at radius 1 is 1.15 bits per heavy atom. The van der Waals surface area contributed by atoms with Crippen LogP contribution in [0.3, 0.4) is 0 Å². The predicted molar refractivity (Wildman–Crippen MR) is 101 cm³/mol. The summed E-state index contributed by atoms with van der Waals surface area (Å²) in [7, 11) is 0. The smallest absolute Gasteiger partial charge is 0.274 e. The average molecular weight is 387 g/mol. The second-order valence-corrected chi connectivity index (χ2v) is 7.11. The van der Waals surface area contributed by atoms with Gasteiger partial charge < -0.3 is 5.32 Å². The zero-order valence-electron chi connectivity index (χ0n) is 13.8. The van der Waals surface area contributed by atoms with Gasteiger partial charge in [-0.2, -0.15) is 0 Å². The fourth-order valence-corrected chi connectivity index (χ4v) is 3.33. The fraction of sp³-hybridized carbons (Fsp3) is 0.211. The minimum absolute atomic E-state index is 0.250. The second kappa shape index (κ2) is 7.09. The molecule has 0 spiro atoms. The van der Waals surface area contributed by atoms with Crippen LogP contribution in [0.2, 0.25) is 10.0 Å². The van der Waals surface area contributed by atoms with Gasteiger partial charge in [0.05, 0.1) is 11.4 Å². The van der Waals surface area contributed by atoms with Gasteiger partial charge in [-0.15, -0.1) is 5.10 Å². The van der Waals surface area contributed by atoms with E-state index in [0.29, 0.717) is 28.2 Å². The summed E-state index contributed by atoms with van der Waals surface area (Å²) in [5.74, 6) is 0.0742. The first kappa shape index (κ1) is 17.1. The average Bonchev–Trinajstić information content (AvgIpc) is 3.39. The van der Waals surface area contributed by atoms with E-state index in [1.807, 2.05) is 30.3 Å². The molecule has 1 saturated carbocycles. The quantitative estimate of drug-likeness (QED) is 0.707. The van der Waals surface area contributed by atoms with E-state index < -0.39 is 0 Å². The van der Waals surface area contributed by atoms with Gasteiger partial charge in [0.15, 0.2) is 5.69 Å². The molecule has 1 amide bonds. The third-order valence-corrected chi connectivity index (χ3v) is 4.93.